The van der Waals surface area contributed by atoms with Gasteiger partial charge in [-0.1, -0.05) is 0 Å². The second kappa shape index (κ2) is 7.75. The molecule has 7 nitrogen and oxygen atoms in total. The van der Waals surface area contributed by atoms with Crippen LogP contribution in [0.5, 0.6) is 5.75 Å². The first kappa shape index (κ1) is 19.3. The summed E-state index contributed by atoms with van der Waals surface area (Å²) >= 11 is 0. The minimum absolute atomic E-state index is 0.153. The number of hydrogen-bond acceptors (Lipinski definition) is 6. The van der Waals surface area contributed by atoms with E-state index in [1.807, 2.05) is 0 Å². The average molecular weight is 402 g/mol. The van der Waals surface area contributed by atoms with Crippen LogP contribution in [0.25, 0.3) is 11.0 Å². The van der Waals surface area contributed by atoms with Crippen LogP contribution in [-0.2, 0) is 6.61 Å². The Morgan fingerprint density at radius 3 is 3.03 bits per heavy atom. The molecule has 1 fully saturated rings. The van der Waals surface area contributed by atoms with Gasteiger partial charge in [0.1, 0.15) is 29.4 Å². The van der Waals surface area contributed by atoms with Gasteiger partial charge in [-0.25, -0.2) is 8.78 Å². The normalized spacial score (nSPS) is 18.5. The van der Waals surface area contributed by atoms with Gasteiger partial charge in [-0.3, -0.25) is 4.79 Å². The molecule has 0 spiro atoms. The lowest BCUT2D eigenvalue weighted by atomic mass is 10.0. The lowest BCUT2D eigenvalue weighted by molar-refractivity contribution is -0.0487. The van der Waals surface area contributed by atoms with Gasteiger partial charge in [0.25, 0.3) is 11.8 Å². The second-order valence-corrected chi connectivity index (χ2v) is 6.95. The van der Waals surface area contributed by atoms with Gasteiger partial charge in [0.15, 0.2) is 0 Å². The van der Waals surface area contributed by atoms with Crippen LogP contribution in [0.2, 0.25) is 0 Å². The number of hydrogen-bond donors (Lipinski definition) is 2. The number of nitrogens with one attached hydrogen (secondary N) is 2. The molecule has 9 heteroatoms. The summed E-state index contributed by atoms with van der Waals surface area (Å²) in [5, 5.41) is 13.4. The topological polar surface area (TPSA) is 89.3 Å². The molecule has 2 aromatic heterocycles. The highest BCUT2D eigenvalue weighted by Crippen LogP contribution is 2.30. The van der Waals surface area contributed by atoms with Crippen LogP contribution in [0.3, 0.4) is 0 Å². The molecule has 4 rings (SSSR count). The Labute approximate surface area is 165 Å². The maximum atomic E-state index is 14.1. The van der Waals surface area contributed by atoms with E-state index in [1.54, 1.807) is 43.5 Å². The smallest absolute Gasteiger partial charge is 0.280 e. The van der Waals surface area contributed by atoms with Crippen LogP contribution in [0.1, 0.15) is 28.2 Å². The molecule has 1 atom stereocenters. The minimum Gasteiger partial charge on any atom is -0.487 e. The molecule has 29 heavy (non-hydrogen) atoms. The molecule has 1 amide bonds. The van der Waals surface area contributed by atoms with Crippen LogP contribution in [0.15, 0.2) is 40.9 Å². The van der Waals surface area contributed by atoms with Gasteiger partial charge in [-0.2, -0.15) is 10.2 Å². The molecule has 3 aromatic rings. The molecule has 2 N–H and O–H groups in total. The molecule has 1 aromatic carbocycles. The summed E-state index contributed by atoms with van der Waals surface area (Å²) in [7, 11) is 0. The number of fused-ring (bicyclic) bond motifs is 1. The molecule has 1 unspecified atom stereocenters. The van der Waals surface area contributed by atoms with E-state index in [4.69, 9.17) is 9.15 Å². The number of aryl methyl sites for hydroxylation is 1. The Morgan fingerprint density at radius 2 is 2.28 bits per heavy atom. The molecule has 152 valence electrons. The third kappa shape index (κ3) is 4.04. The number of amides is 1. The SMILES string of the molecule is Cc1oc2ccc(OCc3cccnn3)cc2c1C(=O)NC1CCNCC1(F)F. The third-order valence-corrected chi connectivity index (χ3v) is 4.86. The number of piperidine rings is 1. The standard InChI is InChI=1S/C20H20F2N4O3/c1-12-18(19(27)25-17-6-8-23-11-20(17,21)22)15-9-14(4-5-16(15)29-12)28-10-13-3-2-7-24-26-13/h2-5,7,9,17,23H,6,8,10-11H2,1H3,(H,25,27). The van der Waals surface area contributed by atoms with Crippen LogP contribution >= 0.6 is 0 Å². The van der Waals surface area contributed by atoms with Crippen molar-refractivity contribution in [1.29, 1.82) is 0 Å². The van der Waals surface area contributed by atoms with Crippen LogP contribution in [0, 0.1) is 6.92 Å². The van der Waals surface area contributed by atoms with E-state index >= 15 is 0 Å². The van der Waals surface area contributed by atoms with Crippen molar-refractivity contribution in [3.63, 3.8) is 0 Å². The van der Waals surface area contributed by atoms with Gasteiger partial charge in [0, 0.05) is 11.6 Å². The molecule has 0 bridgehead atoms. The zero-order chi connectivity index (χ0) is 20.4. The average Bonchev–Trinajstić information content (AvgIpc) is 3.03. The molecule has 3 heterocycles. The highest BCUT2D eigenvalue weighted by Gasteiger charge is 2.42. The van der Waals surface area contributed by atoms with Crippen molar-refractivity contribution in [2.24, 2.45) is 0 Å². The van der Waals surface area contributed by atoms with Gasteiger partial charge in [-0.05, 0) is 50.2 Å². The van der Waals surface area contributed by atoms with Gasteiger partial charge in [0.2, 0.25) is 0 Å². The van der Waals surface area contributed by atoms with Crippen molar-refractivity contribution in [3.8, 4) is 5.75 Å². The molecule has 0 radical (unpaired) electrons. The summed E-state index contributed by atoms with van der Waals surface area (Å²) in [6, 6.07) is 7.38. The number of ether oxygens (including phenoxy) is 1. The Morgan fingerprint density at radius 1 is 1.41 bits per heavy atom. The molecule has 0 saturated carbocycles. The number of aromatic nitrogens is 2. The third-order valence-electron chi connectivity index (χ3n) is 4.86. The summed E-state index contributed by atoms with van der Waals surface area (Å²) in [4.78, 5) is 12.8. The number of halogens is 2. The van der Waals surface area contributed by atoms with E-state index in [0.29, 0.717) is 34.7 Å². The number of rotatable bonds is 5. The molecule has 0 aliphatic carbocycles. The van der Waals surface area contributed by atoms with E-state index in [9.17, 15) is 13.6 Å². The fraction of sp³-hybridized carbons (Fsp3) is 0.350. The first-order chi connectivity index (χ1) is 13.9. The molecule has 1 aliphatic rings. The Kier molecular flexibility index (Phi) is 5.14. The highest BCUT2D eigenvalue weighted by molar-refractivity contribution is 6.07. The van der Waals surface area contributed by atoms with Crippen LogP contribution < -0.4 is 15.4 Å². The van der Waals surface area contributed by atoms with Crippen molar-refractivity contribution in [3.05, 3.63) is 53.5 Å². The fourth-order valence-electron chi connectivity index (χ4n) is 3.38. The zero-order valence-corrected chi connectivity index (χ0v) is 15.7. The molecule has 1 saturated heterocycles. The molecular weight excluding hydrogens is 382 g/mol. The van der Waals surface area contributed by atoms with Crippen molar-refractivity contribution >= 4 is 16.9 Å². The van der Waals surface area contributed by atoms with E-state index in [1.165, 1.54) is 0 Å². The molecular formula is C20H20F2N4O3. The largest absolute Gasteiger partial charge is 0.487 e. The van der Waals surface area contributed by atoms with E-state index in [0.717, 1.165) is 0 Å². The van der Waals surface area contributed by atoms with E-state index in [2.05, 4.69) is 20.8 Å². The predicted molar refractivity (Wildman–Crippen MR) is 101 cm³/mol. The van der Waals surface area contributed by atoms with Gasteiger partial charge in [-0.15, -0.1) is 0 Å². The number of nitrogens with zero attached hydrogens (tertiary/aromatic N) is 2. The predicted octanol–water partition coefficient (Wildman–Crippen LogP) is 2.84. The Bertz CT molecular complexity index is 1020. The zero-order valence-electron chi connectivity index (χ0n) is 15.7. The Balaban J connectivity index is 1.56. The first-order valence-electron chi connectivity index (χ1n) is 9.26. The number of benzene rings is 1. The number of alkyl halides is 2. The fourth-order valence-corrected chi connectivity index (χ4v) is 3.38. The summed E-state index contributed by atoms with van der Waals surface area (Å²) in [6.45, 7) is 1.81. The summed E-state index contributed by atoms with van der Waals surface area (Å²) in [6.07, 6.45) is 1.72. The van der Waals surface area contributed by atoms with Crippen LogP contribution in [-0.4, -0.2) is 41.2 Å². The number of carbonyl (C=O) groups excluding carboxylic acids is 1. The van der Waals surface area contributed by atoms with Gasteiger partial charge < -0.3 is 19.8 Å². The maximum Gasteiger partial charge on any atom is 0.280 e. The van der Waals surface area contributed by atoms with Crippen molar-refractivity contribution in [2.75, 3.05) is 13.1 Å². The van der Waals surface area contributed by atoms with E-state index < -0.39 is 24.4 Å². The number of carbonyl (C=O) groups is 1. The lowest BCUT2D eigenvalue weighted by Crippen LogP contribution is -2.57. The minimum atomic E-state index is -3.01. The quantitative estimate of drug-likeness (QED) is 0.682. The molecule has 1 aliphatic heterocycles. The highest BCUT2D eigenvalue weighted by atomic mass is 19.3. The van der Waals surface area contributed by atoms with Crippen molar-refractivity contribution in [2.45, 2.75) is 31.9 Å². The summed E-state index contributed by atoms with van der Waals surface area (Å²) in [5.74, 6) is -2.73. The monoisotopic (exact) mass is 402 g/mol. The van der Waals surface area contributed by atoms with Crippen molar-refractivity contribution in [1.82, 2.24) is 20.8 Å². The lowest BCUT2D eigenvalue weighted by Gasteiger charge is -2.32. The number of furan rings is 1. The van der Waals surface area contributed by atoms with Crippen LogP contribution in [0.4, 0.5) is 8.78 Å². The van der Waals surface area contributed by atoms with Gasteiger partial charge in [0.05, 0.1) is 18.2 Å². The summed E-state index contributed by atoms with van der Waals surface area (Å²) in [5.41, 5.74) is 1.37. The Hall–Kier alpha value is -3.07. The second-order valence-electron chi connectivity index (χ2n) is 6.95. The maximum absolute atomic E-state index is 14.1. The summed E-state index contributed by atoms with van der Waals surface area (Å²) < 4.78 is 39.5. The van der Waals surface area contributed by atoms with E-state index in [-0.39, 0.29) is 18.6 Å². The van der Waals surface area contributed by atoms with Gasteiger partial charge >= 0.3 is 0 Å². The van der Waals surface area contributed by atoms with Crippen molar-refractivity contribution < 1.29 is 22.7 Å². The first-order valence-corrected chi connectivity index (χ1v) is 9.26.